The van der Waals surface area contributed by atoms with Gasteiger partial charge < -0.3 is 16.2 Å². The molecule has 3 heteroatoms. The van der Waals surface area contributed by atoms with Gasteiger partial charge in [-0.05, 0) is 11.5 Å². The van der Waals surface area contributed by atoms with Gasteiger partial charge in [0.25, 0.3) is 0 Å². The molecule has 1 unspecified atom stereocenters. The van der Waals surface area contributed by atoms with E-state index in [9.17, 15) is 0 Å². The van der Waals surface area contributed by atoms with Crippen molar-refractivity contribution < 1.29 is 5.11 Å². The third-order valence-corrected chi connectivity index (χ3v) is 2.58. The van der Waals surface area contributed by atoms with Gasteiger partial charge in [-0.2, -0.15) is 0 Å². The van der Waals surface area contributed by atoms with Crippen LogP contribution in [-0.4, -0.2) is 24.3 Å². The topological polar surface area (TPSA) is 58.3 Å². The van der Waals surface area contributed by atoms with Gasteiger partial charge in [0.2, 0.25) is 0 Å². The van der Waals surface area contributed by atoms with Crippen molar-refractivity contribution >= 4 is 16.5 Å². The molecule has 0 amide bonds. The zero-order valence-electron chi connectivity index (χ0n) is 9.06. The highest BCUT2D eigenvalue weighted by atomic mass is 16.3. The number of benzene rings is 2. The molecule has 2 aromatic carbocycles. The first kappa shape index (κ1) is 10.9. The highest BCUT2D eigenvalue weighted by molar-refractivity contribution is 5.93. The smallest absolute Gasteiger partial charge is 0.0599 e. The van der Waals surface area contributed by atoms with Crippen molar-refractivity contribution in [2.24, 2.45) is 5.73 Å². The number of anilines is 1. The maximum Gasteiger partial charge on any atom is 0.0599 e. The summed E-state index contributed by atoms with van der Waals surface area (Å²) in [6.45, 7) is 0.572. The number of aliphatic hydroxyl groups is 1. The fourth-order valence-corrected chi connectivity index (χ4v) is 1.69. The minimum Gasteiger partial charge on any atom is -0.395 e. The van der Waals surface area contributed by atoms with Gasteiger partial charge in [0, 0.05) is 23.7 Å². The molecule has 2 rings (SSSR count). The average molecular weight is 216 g/mol. The lowest BCUT2D eigenvalue weighted by Crippen LogP contribution is -2.32. The Labute approximate surface area is 94.9 Å². The largest absolute Gasteiger partial charge is 0.395 e. The van der Waals surface area contributed by atoms with Crippen LogP contribution in [0.2, 0.25) is 0 Å². The number of aliphatic hydroxyl groups excluding tert-OH is 1. The van der Waals surface area contributed by atoms with Gasteiger partial charge in [-0.3, -0.25) is 0 Å². The summed E-state index contributed by atoms with van der Waals surface area (Å²) in [4.78, 5) is 0. The summed E-state index contributed by atoms with van der Waals surface area (Å²) in [6.07, 6.45) is 0. The van der Waals surface area contributed by atoms with Crippen LogP contribution < -0.4 is 11.1 Å². The van der Waals surface area contributed by atoms with Gasteiger partial charge in [-0.15, -0.1) is 0 Å². The number of nitrogens with two attached hydrogens (primary N) is 1. The van der Waals surface area contributed by atoms with Crippen molar-refractivity contribution in [3.05, 3.63) is 42.5 Å². The molecule has 0 fully saturated rings. The number of hydrogen-bond acceptors (Lipinski definition) is 3. The van der Waals surface area contributed by atoms with Gasteiger partial charge in [0.15, 0.2) is 0 Å². The van der Waals surface area contributed by atoms with Crippen LogP contribution in [0.1, 0.15) is 0 Å². The van der Waals surface area contributed by atoms with E-state index in [1.165, 1.54) is 10.8 Å². The van der Waals surface area contributed by atoms with Crippen LogP contribution in [0.4, 0.5) is 5.69 Å². The Morgan fingerprint density at radius 1 is 1.12 bits per heavy atom. The monoisotopic (exact) mass is 216 g/mol. The van der Waals surface area contributed by atoms with Crippen LogP contribution in [0.15, 0.2) is 42.5 Å². The standard InChI is InChI=1S/C13H16N2O/c14-11(9-16)8-15-13-7-3-5-10-4-1-2-6-12(10)13/h1-7,11,15-16H,8-9,14H2. The quantitative estimate of drug-likeness (QED) is 0.727. The molecular formula is C13H16N2O. The first-order valence-corrected chi connectivity index (χ1v) is 5.39. The molecule has 0 aliphatic rings. The van der Waals surface area contributed by atoms with Crippen molar-refractivity contribution in [2.75, 3.05) is 18.5 Å². The van der Waals surface area contributed by atoms with Crippen LogP contribution in [0.25, 0.3) is 10.8 Å². The molecule has 0 radical (unpaired) electrons. The number of nitrogens with one attached hydrogen (secondary N) is 1. The Balaban J connectivity index is 2.23. The molecule has 1 atom stereocenters. The summed E-state index contributed by atoms with van der Waals surface area (Å²) in [5, 5.41) is 14.5. The Bertz CT molecular complexity index is 465. The van der Waals surface area contributed by atoms with Crippen molar-refractivity contribution in [1.82, 2.24) is 0 Å². The van der Waals surface area contributed by atoms with E-state index >= 15 is 0 Å². The molecule has 84 valence electrons. The van der Waals surface area contributed by atoms with Crippen LogP contribution >= 0.6 is 0 Å². The maximum absolute atomic E-state index is 8.86. The number of fused-ring (bicyclic) bond motifs is 1. The molecule has 4 N–H and O–H groups in total. The number of rotatable bonds is 4. The fraction of sp³-hybridized carbons (Fsp3) is 0.231. The summed E-state index contributed by atoms with van der Waals surface area (Å²) in [7, 11) is 0. The van der Waals surface area contributed by atoms with Crippen molar-refractivity contribution in [1.29, 1.82) is 0 Å². The van der Waals surface area contributed by atoms with Crippen LogP contribution in [0, 0.1) is 0 Å². The van der Waals surface area contributed by atoms with Crippen LogP contribution in [0.3, 0.4) is 0 Å². The summed E-state index contributed by atoms with van der Waals surface area (Å²) < 4.78 is 0. The van der Waals surface area contributed by atoms with E-state index in [4.69, 9.17) is 10.8 Å². The Hall–Kier alpha value is -1.58. The lowest BCUT2D eigenvalue weighted by molar-refractivity contribution is 0.270. The van der Waals surface area contributed by atoms with E-state index in [1.54, 1.807) is 0 Å². The Kier molecular flexibility index (Phi) is 3.39. The second kappa shape index (κ2) is 4.96. The second-order valence-corrected chi connectivity index (χ2v) is 3.85. The second-order valence-electron chi connectivity index (χ2n) is 3.85. The first-order chi connectivity index (χ1) is 7.81. The molecule has 0 aromatic heterocycles. The molecule has 0 saturated heterocycles. The van der Waals surface area contributed by atoms with Crippen LogP contribution in [0.5, 0.6) is 0 Å². The predicted octanol–water partition coefficient (Wildman–Crippen LogP) is 1.57. The molecule has 0 aliphatic heterocycles. The highest BCUT2D eigenvalue weighted by Crippen LogP contribution is 2.22. The van der Waals surface area contributed by atoms with E-state index in [-0.39, 0.29) is 12.6 Å². The molecule has 0 bridgehead atoms. The van der Waals surface area contributed by atoms with E-state index < -0.39 is 0 Å². The summed E-state index contributed by atoms with van der Waals surface area (Å²) in [5.74, 6) is 0. The normalized spacial score (nSPS) is 12.6. The highest BCUT2D eigenvalue weighted by Gasteiger charge is 2.02. The van der Waals surface area contributed by atoms with E-state index in [0.717, 1.165) is 5.69 Å². The molecule has 16 heavy (non-hydrogen) atoms. The fourth-order valence-electron chi connectivity index (χ4n) is 1.69. The molecule has 2 aromatic rings. The molecule has 0 aliphatic carbocycles. The third-order valence-electron chi connectivity index (χ3n) is 2.58. The SMILES string of the molecule is NC(CO)CNc1cccc2ccccc12. The summed E-state index contributed by atoms with van der Waals surface area (Å²) in [6, 6.07) is 14.1. The minimum atomic E-state index is -0.223. The Morgan fingerprint density at radius 3 is 2.69 bits per heavy atom. The van der Waals surface area contributed by atoms with Crippen molar-refractivity contribution in [3.63, 3.8) is 0 Å². The molecule has 0 heterocycles. The lowest BCUT2D eigenvalue weighted by Gasteiger charge is -2.12. The van der Waals surface area contributed by atoms with Gasteiger partial charge in [0.05, 0.1) is 6.61 Å². The zero-order chi connectivity index (χ0) is 11.4. The zero-order valence-corrected chi connectivity index (χ0v) is 9.06. The van der Waals surface area contributed by atoms with Gasteiger partial charge in [0.1, 0.15) is 0 Å². The predicted molar refractivity (Wildman–Crippen MR) is 67.5 cm³/mol. The molecule has 3 nitrogen and oxygen atoms in total. The first-order valence-electron chi connectivity index (χ1n) is 5.39. The lowest BCUT2D eigenvalue weighted by atomic mass is 10.1. The minimum absolute atomic E-state index is 0.00222. The van der Waals surface area contributed by atoms with Crippen molar-refractivity contribution in [3.8, 4) is 0 Å². The average Bonchev–Trinajstić information content (AvgIpc) is 2.35. The summed E-state index contributed by atoms with van der Waals surface area (Å²) >= 11 is 0. The maximum atomic E-state index is 8.86. The van der Waals surface area contributed by atoms with Crippen LogP contribution in [-0.2, 0) is 0 Å². The Morgan fingerprint density at radius 2 is 1.88 bits per heavy atom. The summed E-state index contributed by atoms with van der Waals surface area (Å²) in [5.41, 5.74) is 6.71. The van der Waals surface area contributed by atoms with Crippen molar-refractivity contribution in [2.45, 2.75) is 6.04 Å². The van der Waals surface area contributed by atoms with Gasteiger partial charge in [-0.1, -0.05) is 36.4 Å². The molecule has 0 saturated carbocycles. The third kappa shape index (κ3) is 2.32. The van der Waals surface area contributed by atoms with Gasteiger partial charge in [-0.25, -0.2) is 0 Å². The van der Waals surface area contributed by atoms with Gasteiger partial charge >= 0.3 is 0 Å². The molecular weight excluding hydrogens is 200 g/mol. The molecule has 0 spiro atoms. The number of hydrogen-bond donors (Lipinski definition) is 3. The van der Waals surface area contributed by atoms with E-state index in [0.29, 0.717) is 6.54 Å². The van der Waals surface area contributed by atoms with E-state index in [1.807, 2.05) is 24.3 Å². The van der Waals surface area contributed by atoms with E-state index in [2.05, 4.69) is 23.5 Å².